The van der Waals surface area contributed by atoms with E-state index in [1.54, 1.807) is 0 Å². The average Bonchev–Trinajstić information content (AvgIpc) is 2.89. The van der Waals surface area contributed by atoms with Gasteiger partial charge in [-0.1, -0.05) is 19.8 Å². The molecule has 112 valence electrons. The van der Waals surface area contributed by atoms with Gasteiger partial charge in [-0.3, -0.25) is 0 Å². The summed E-state index contributed by atoms with van der Waals surface area (Å²) in [6.45, 7) is 7.82. The van der Waals surface area contributed by atoms with Crippen LogP contribution in [0, 0.1) is 5.41 Å². The number of hydrogen-bond donors (Lipinski definition) is 1. The summed E-state index contributed by atoms with van der Waals surface area (Å²) in [5.74, 6) is 0. The molecule has 3 nitrogen and oxygen atoms in total. The lowest BCUT2D eigenvalue weighted by Crippen LogP contribution is -2.46. The first-order valence-electron chi connectivity index (χ1n) is 8.24. The van der Waals surface area contributed by atoms with Crippen LogP contribution in [0.1, 0.15) is 51.9 Å². The van der Waals surface area contributed by atoms with Crippen LogP contribution in [0.15, 0.2) is 0 Å². The third kappa shape index (κ3) is 4.44. The van der Waals surface area contributed by atoms with E-state index in [4.69, 9.17) is 4.74 Å². The molecule has 2 fully saturated rings. The number of nitrogens with zero attached hydrogens (tertiary/aromatic N) is 1. The second-order valence-electron chi connectivity index (χ2n) is 6.64. The average molecular weight is 268 g/mol. The highest BCUT2D eigenvalue weighted by Crippen LogP contribution is 2.38. The van der Waals surface area contributed by atoms with E-state index in [-0.39, 0.29) is 0 Å². The molecule has 0 spiro atoms. The Morgan fingerprint density at radius 3 is 2.53 bits per heavy atom. The molecule has 0 amide bonds. The van der Waals surface area contributed by atoms with Crippen LogP contribution in [-0.4, -0.2) is 50.8 Å². The fourth-order valence-electron chi connectivity index (χ4n) is 3.83. The van der Waals surface area contributed by atoms with Crippen molar-refractivity contribution in [2.75, 3.05) is 39.9 Å². The minimum absolute atomic E-state index is 0.544. The van der Waals surface area contributed by atoms with Crippen LogP contribution in [0.25, 0.3) is 0 Å². The lowest BCUT2D eigenvalue weighted by molar-refractivity contribution is 0.0276. The number of rotatable bonds is 7. The van der Waals surface area contributed by atoms with Crippen molar-refractivity contribution in [1.82, 2.24) is 10.2 Å². The Hall–Kier alpha value is -0.120. The van der Waals surface area contributed by atoms with Crippen molar-refractivity contribution >= 4 is 0 Å². The molecule has 3 heteroatoms. The number of nitrogens with one attached hydrogen (secondary N) is 1. The van der Waals surface area contributed by atoms with Crippen molar-refractivity contribution in [1.29, 1.82) is 0 Å². The molecule has 2 aliphatic rings. The molecule has 0 unspecified atom stereocenters. The summed E-state index contributed by atoms with van der Waals surface area (Å²) in [6.07, 6.45) is 9.36. The Balaban J connectivity index is 1.84. The van der Waals surface area contributed by atoms with Gasteiger partial charge in [0.15, 0.2) is 0 Å². The summed E-state index contributed by atoms with van der Waals surface area (Å²) in [6, 6.07) is 0.748. The summed E-state index contributed by atoms with van der Waals surface area (Å²) in [5.41, 5.74) is 0.544. The Morgan fingerprint density at radius 2 is 1.89 bits per heavy atom. The molecule has 0 atom stereocenters. The second kappa shape index (κ2) is 7.61. The van der Waals surface area contributed by atoms with Gasteiger partial charge in [-0.2, -0.15) is 0 Å². The van der Waals surface area contributed by atoms with Gasteiger partial charge >= 0.3 is 0 Å². The van der Waals surface area contributed by atoms with E-state index in [1.165, 1.54) is 64.6 Å². The molecule has 0 aromatic carbocycles. The van der Waals surface area contributed by atoms with E-state index >= 15 is 0 Å². The summed E-state index contributed by atoms with van der Waals surface area (Å²) < 4.78 is 5.49. The fourth-order valence-corrected chi connectivity index (χ4v) is 3.83. The van der Waals surface area contributed by atoms with E-state index < -0.39 is 0 Å². The largest absolute Gasteiger partial charge is 0.381 e. The van der Waals surface area contributed by atoms with E-state index in [0.717, 1.165) is 19.3 Å². The topological polar surface area (TPSA) is 24.5 Å². The molecule has 2 rings (SSSR count). The quantitative estimate of drug-likeness (QED) is 0.718. The van der Waals surface area contributed by atoms with Gasteiger partial charge in [-0.25, -0.2) is 0 Å². The third-order valence-electron chi connectivity index (χ3n) is 4.99. The SMILES string of the molecule is CCCNCC1(CN(C)C2CCOCC2)CCCC1. The van der Waals surface area contributed by atoms with Crippen LogP contribution in [-0.2, 0) is 4.74 Å². The first-order chi connectivity index (χ1) is 9.26. The molecule has 1 saturated carbocycles. The summed E-state index contributed by atoms with van der Waals surface area (Å²) in [4.78, 5) is 2.63. The van der Waals surface area contributed by atoms with Gasteiger partial charge in [0.2, 0.25) is 0 Å². The smallest absolute Gasteiger partial charge is 0.0480 e. The van der Waals surface area contributed by atoms with E-state index in [0.29, 0.717) is 5.41 Å². The van der Waals surface area contributed by atoms with Gasteiger partial charge < -0.3 is 15.0 Å². The zero-order chi connectivity index (χ0) is 13.6. The molecule has 1 N–H and O–H groups in total. The van der Waals surface area contributed by atoms with Gasteiger partial charge in [0, 0.05) is 32.3 Å². The van der Waals surface area contributed by atoms with Crippen LogP contribution in [0.5, 0.6) is 0 Å². The Morgan fingerprint density at radius 1 is 1.21 bits per heavy atom. The predicted molar refractivity (Wildman–Crippen MR) is 80.5 cm³/mol. The maximum Gasteiger partial charge on any atom is 0.0480 e. The monoisotopic (exact) mass is 268 g/mol. The maximum absolute atomic E-state index is 5.49. The fraction of sp³-hybridized carbons (Fsp3) is 1.00. The maximum atomic E-state index is 5.49. The first-order valence-corrected chi connectivity index (χ1v) is 8.24. The lowest BCUT2D eigenvalue weighted by Gasteiger charge is -2.39. The molecule has 0 radical (unpaired) electrons. The van der Waals surface area contributed by atoms with Crippen LogP contribution < -0.4 is 5.32 Å². The summed E-state index contributed by atoms with van der Waals surface area (Å²) in [7, 11) is 2.33. The highest BCUT2D eigenvalue weighted by molar-refractivity contribution is 4.90. The Bertz CT molecular complexity index is 245. The molecular formula is C16H32N2O. The van der Waals surface area contributed by atoms with Gasteiger partial charge in [0.25, 0.3) is 0 Å². The molecule has 0 bridgehead atoms. The van der Waals surface area contributed by atoms with Crippen LogP contribution in [0.4, 0.5) is 0 Å². The zero-order valence-corrected chi connectivity index (χ0v) is 12.9. The zero-order valence-electron chi connectivity index (χ0n) is 12.9. The molecule has 0 aromatic heterocycles. The highest BCUT2D eigenvalue weighted by Gasteiger charge is 2.35. The predicted octanol–water partition coefficient (Wildman–Crippen LogP) is 2.66. The molecule has 0 aromatic rings. The van der Waals surface area contributed by atoms with Crippen molar-refractivity contribution in [3.8, 4) is 0 Å². The Labute approximate surface area is 119 Å². The van der Waals surface area contributed by atoms with Crippen molar-refractivity contribution in [2.45, 2.75) is 57.9 Å². The minimum Gasteiger partial charge on any atom is -0.381 e. The van der Waals surface area contributed by atoms with Crippen LogP contribution in [0.3, 0.4) is 0 Å². The van der Waals surface area contributed by atoms with E-state index in [2.05, 4.69) is 24.2 Å². The number of ether oxygens (including phenoxy) is 1. The molecule has 19 heavy (non-hydrogen) atoms. The van der Waals surface area contributed by atoms with Crippen molar-refractivity contribution in [3.63, 3.8) is 0 Å². The molecule has 1 saturated heterocycles. The lowest BCUT2D eigenvalue weighted by atomic mass is 9.84. The standard InChI is InChI=1S/C16H32N2O/c1-3-10-17-13-16(8-4-5-9-16)14-18(2)15-6-11-19-12-7-15/h15,17H,3-14H2,1-2H3. The van der Waals surface area contributed by atoms with Crippen LogP contribution >= 0.6 is 0 Å². The van der Waals surface area contributed by atoms with Crippen molar-refractivity contribution < 1.29 is 4.74 Å². The van der Waals surface area contributed by atoms with E-state index in [9.17, 15) is 0 Å². The van der Waals surface area contributed by atoms with Crippen molar-refractivity contribution in [3.05, 3.63) is 0 Å². The third-order valence-corrected chi connectivity index (χ3v) is 4.99. The van der Waals surface area contributed by atoms with Crippen molar-refractivity contribution in [2.24, 2.45) is 5.41 Å². The molecule has 1 aliphatic heterocycles. The van der Waals surface area contributed by atoms with Gasteiger partial charge in [-0.05, 0) is 51.1 Å². The van der Waals surface area contributed by atoms with Gasteiger partial charge in [0.1, 0.15) is 0 Å². The van der Waals surface area contributed by atoms with Crippen LogP contribution in [0.2, 0.25) is 0 Å². The normalized spacial score (nSPS) is 24.2. The molecule has 1 heterocycles. The van der Waals surface area contributed by atoms with E-state index in [1.807, 2.05) is 0 Å². The molecule has 1 aliphatic carbocycles. The summed E-state index contributed by atoms with van der Waals surface area (Å²) >= 11 is 0. The Kier molecular flexibility index (Phi) is 6.11. The van der Waals surface area contributed by atoms with Gasteiger partial charge in [-0.15, -0.1) is 0 Å². The molecular weight excluding hydrogens is 236 g/mol. The first kappa shape index (κ1) is 15.3. The second-order valence-corrected chi connectivity index (χ2v) is 6.64. The highest BCUT2D eigenvalue weighted by atomic mass is 16.5. The minimum atomic E-state index is 0.544. The van der Waals surface area contributed by atoms with Gasteiger partial charge in [0.05, 0.1) is 0 Å². The number of hydrogen-bond acceptors (Lipinski definition) is 3. The summed E-state index contributed by atoms with van der Waals surface area (Å²) in [5, 5.41) is 3.67.